The minimum atomic E-state index is -4.27. The molecular formula is C41H31Cl2FILiN6O8S2. The van der Waals surface area contributed by atoms with Gasteiger partial charge in [0.05, 0.1) is 47.9 Å². The van der Waals surface area contributed by atoms with Crippen molar-refractivity contribution >= 4 is 99.8 Å². The molecule has 0 aliphatic rings. The van der Waals surface area contributed by atoms with E-state index in [2.05, 4.69) is 42.5 Å². The Morgan fingerprint density at radius 1 is 0.645 bits per heavy atom. The monoisotopic (exact) mass is 1020 g/mol. The number of rotatable bonds is 8. The summed E-state index contributed by atoms with van der Waals surface area (Å²) in [6, 6.07) is 35.4. The van der Waals surface area contributed by atoms with E-state index in [4.69, 9.17) is 29.3 Å². The van der Waals surface area contributed by atoms with Gasteiger partial charge in [0.2, 0.25) is 0 Å². The van der Waals surface area contributed by atoms with Crippen LogP contribution in [0, 0.1) is 0 Å². The summed E-state index contributed by atoms with van der Waals surface area (Å²) in [6.07, 6.45) is 0. The van der Waals surface area contributed by atoms with Gasteiger partial charge in [-0.15, -0.1) is 0 Å². The molecule has 0 atom stereocenters. The van der Waals surface area contributed by atoms with Crippen molar-refractivity contribution in [2.45, 2.75) is 9.79 Å². The zero-order chi connectivity index (χ0) is 45.2. The van der Waals surface area contributed by atoms with Gasteiger partial charge in [-0.2, -0.15) is 0 Å². The van der Waals surface area contributed by atoms with Crippen molar-refractivity contribution in [1.82, 2.24) is 27.9 Å². The van der Waals surface area contributed by atoms with E-state index in [9.17, 15) is 35.9 Å². The summed E-state index contributed by atoms with van der Waals surface area (Å²) >= 11 is 14.7. The molecule has 0 fully saturated rings. The molecule has 62 heavy (non-hydrogen) atoms. The number of aromatic carboxylic acids is 1. The average Bonchev–Trinajstić information content (AvgIpc) is 3.90. The van der Waals surface area contributed by atoms with Crippen LogP contribution >= 0.6 is 45.8 Å². The molecule has 0 bridgehead atoms. The third-order valence-electron chi connectivity index (χ3n) is 8.37. The number of fused-ring (bicyclic) bond motifs is 2. The second kappa shape index (κ2) is 21.7. The number of aromatic nitrogens is 6. The number of esters is 1. The molecule has 0 amide bonds. The maximum atomic E-state index is 13.4. The summed E-state index contributed by atoms with van der Waals surface area (Å²) < 4.78 is 74.8. The number of halogens is 4. The zero-order valence-electron chi connectivity index (χ0n) is 33.7. The van der Waals surface area contributed by atoms with Crippen molar-refractivity contribution in [3.8, 4) is 22.8 Å². The van der Waals surface area contributed by atoms with E-state index in [1.807, 2.05) is 11.0 Å². The first kappa shape index (κ1) is 47.8. The molecular weight excluding hydrogens is 992 g/mol. The molecule has 0 aliphatic heterocycles. The number of carbonyl (C=O) groups excluding carboxylic acids is 2. The molecule has 4 aromatic heterocycles. The molecule has 0 radical (unpaired) electrons. The van der Waals surface area contributed by atoms with E-state index in [0.29, 0.717) is 15.1 Å². The van der Waals surface area contributed by atoms with Crippen LogP contribution in [0.2, 0.25) is 10.3 Å². The van der Waals surface area contributed by atoms with Gasteiger partial charge >= 0.3 is 24.8 Å². The van der Waals surface area contributed by atoms with Gasteiger partial charge in [-0.1, -0.05) is 143 Å². The molecule has 0 N–H and O–H groups in total. The number of hydrogen-bond donors (Lipinski definition) is 0. The van der Waals surface area contributed by atoms with Gasteiger partial charge in [0, 0.05) is 11.1 Å². The summed E-state index contributed by atoms with van der Waals surface area (Å²) in [5, 5.41) is 11.9. The molecule has 314 valence electrons. The van der Waals surface area contributed by atoms with Crippen molar-refractivity contribution in [3.63, 3.8) is 0 Å². The number of hydrogen-bond acceptors (Lipinski definition) is 12. The van der Waals surface area contributed by atoms with Crippen LogP contribution < -0.4 is 24.0 Å². The standard InChI is InChI=1S/C20H14ClN3O4S.C19H12ClN3O4S.CH3F.CH3I.Li/c1-28-20(25)16-12-15-17(21)22-18(13-8-4-2-5-9-13)23-19(15)24(16)29(26,27)14-10-6-3-7-11-14;20-16-14-11-15(19(24)25)23(28(26,27)13-9-5-2-6-10-13)18(14)22-17(21-16)12-7-3-1-4-8-12;2*1-2;/h2-12H,1H3;1-11H,(H,24,25);2*1H3;/q;;;;+1/p-1/i;;1D;;. The van der Waals surface area contributed by atoms with E-state index in [1.54, 1.807) is 78.9 Å². The average molecular weight is 1020 g/mol. The van der Waals surface area contributed by atoms with Crippen LogP contribution in [-0.2, 0) is 24.8 Å². The molecule has 8 rings (SSSR count). The summed E-state index contributed by atoms with van der Waals surface area (Å²) in [4.78, 5) is 43.0. The van der Waals surface area contributed by atoms with E-state index < -0.39 is 44.8 Å². The van der Waals surface area contributed by atoms with Gasteiger partial charge in [-0.25, -0.2) is 49.5 Å². The van der Waals surface area contributed by atoms with Gasteiger partial charge < -0.3 is 14.6 Å². The number of benzene rings is 4. The number of alkyl halides is 2. The van der Waals surface area contributed by atoms with E-state index in [0.717, 1.165) is 10.0 Å². The summed E-state index contributed by atoms with van der Waals surface area (Å²) in [7, 11) is -8.25. The van der Waals surface area contributed by atoms with Crippen LogP contribution in [-0.4, -0.2) is 75.8 Å². The first-order chi connectivity index (χ1) is 29.7. The summed E-state index contributed by atoms with van der Waals surface area (Å²) in [5.41, 5.74) is 0.315. The molecule has 0 unspecified atom stereocenters. The second-order valence-corrected chi connectivity index (χ2v) is 16.2. The molecule has 21 heteroatoms. The Morgan fingerprint density at radius 3 is 1.31 bits per heavy atom. The molecule has 14 nitrogen and oxygen atoms in total. The second-order valence-electron chi connectivity index (χ2n) is 11.9. The maximum absolute atomic E-state index is 13.4. The van der Waals surface area contributed by atoms with Crippen molar-refractivity contribution in [1.29, 1.82) is 0 Å². The Bertz CT molecular complexity index is 3090. The van der Waals surface area contributed by atoms with Gasteiger partial charge in [0.15, 0.2) is 22.9 Å². The van der Waals surface area contributed by atoms with Crippen LogP contribution in [0.1, 0.15) is 22.3 Å². The van der Waals surface area contributed by atoms with Crippen molar-refractivity contribution < 1.29 is 60.9 Å². The fourth-order valence-corrected chi connectivity index (χ4v) is 9.11. The van der Waals surface area contributed by atoms with Crippen LogP contribution in [0.25, 0.3) is 44.8 Å². The third kappa shape index (κ3) is 10.2. The quantitative estimate of drug-likeness (QED) is 0.0667. The number of nitrogens with zero attached hydrogens (tertiary/aromatic N) is 6. The largest absolute Gasteiger partial charge is 1.00 e. The van der Waals surface area contributed by atoms with E-state index in [-0.39, 0.29) is 78.4 Å². The summed E-state index contributed by atoms with van der Waals surface area (Å²) in [6.45, 7) is 0. The van der Waals surface area contributed by atoms with Gasteiger partial charge in [0.25, 0.3) is 20.0 Å². The van der Waals surface area contributed by atoms with Crippen LogP contribution in [0.3, 0.4) is 0 Å². The Kier molecular flexibility index (Phi) is 16.8. The zero-order valence-corrected chi connectivity index (χ0v) is 38.0. The van der Waals surface area contributed by atoms with Crippen LogP contribution in [0.4, 0.5) is 4.39 Å². The predicted molar refractivity (Wildman–Crippen MR) is 237 cm³/mol. The third-order valence-corrected chi connectivity index (χ3v) is 12.4. The molecule has 4 aromatic carbocycles. The Morgan fingerprint density at radius 2 is 0.968 bits per heavy atom. The minimum absolute atomic E-state index is 0. The number of carbonyl (C=O) groups is 2. The van der Waals surface area contributed by atoms with E-state index in [1.165, 1.54) is 49.6 Å². The van der Waals surface area contributed by atoms with Gasteiger partial charge in [-0.05, 0) is 41.3 Å². The van der Waals surface area contributed by atoms with Crippen molar-refractivity contribution in [2.24, 2.45) is 0 Å². The smallest absolute Gasteiger partial charge is 0.543 e. The summed E-state index contributed by atoms with van der Waals surface area (Å²) in [5.74, 6) is -2.09. The fraction of sp³-hybridized carbons (Fsp3) is 0.0732. The molecule has 4 heterocycles. The molecule has 0 saturated carbocycles. The van der Waals surface area contributed by atoms with Crippen LogP contribution in [0.15, 0.2) is 143 Å². The molecule has 0 spiro atoms. The molecule has 0 aliphatic carbocycles. The number of ether oxygens (including phenoxy) is 1. The normalized spacial score (nSPS) is 11.0. The maximum Gasteiger partial charge on any atom is 1.00 e. The topological polar surface area (TPSA) is 196 Å². The first-order valence-electron chi connectivity index (χ1n) is 17.9. The number of carboxylic acids is 1. The van der Waals surface area contributed by atoms with Crippen LogP contribution in [0.5, 0.6) is 0 Å². The van der Waals surface area contributed by atoms with E-state index >= 15 is 0 Å². The molecule has 0 saturated heterocycles. The SMILES string of the molecule is CI.COC(=O)c1cc2c(Cl)nc(-c3ccccc3)nc2n1S(=O)(=O)c1ccccc1.O=C([O-])c1cc2c(Cl)nc(-c3ccccc3)nc2n1S(=O)(=O)c1ccccc1.[2H]CF.[Li+]. The first-order valence-corrected chi connectivity index (χ1v) is 23.0. The number of methoxy groups -OCH3 is 1. The Hall–Kier alpha value is -5.20. The van der Waals surface area contributed by atoms with Crippen molar-refractivity contribution in [3.05, 3.63) is 155 Å². The van der Waals surface area contributed by atoms with Gasteiger partial charge in [-0.3, -0.25) is 4.39 Å². The minimum Gasteiger partial charge on any atom is -0.543 e. The van der Waals surface area contributed by atoms with Gasteiger partial charge in [0.1, 0.15) is 16.0 Å². The molecule has 8 aromatic rings. The Balaban J connectivity index is 0.000000248. The predicted octanol–water partition coefficient (Wildman–Crippen LogP) is 4.77. The fourth-order valence-electron chi connectivity index (χ4n) is 5.74. The Labute approximate surface area is 392 Å². The number of carboxylic acid groups (broad SMARTS) is 1. The van der Waals surface area contributed by atoms with Crippen molar-refractivity contribution in [2.75, 3.05) is 19.2 Å².